The summed E-state index contributed by atoms with van der Waals surface area (Å²) in [6, 6.07) is 6.18. The number of anilines is 1. The van der Waals surface area contributed by atoms with E-state index in [0.29, 0.717) is 12.8 Å². The van der Waals surface area contributed by atoms with Crippen molar-refractivity contribution in [3.05, 3.63) is 23.8 Å². The van der Waals surface area contributed by atoms with Gasteiger partial charge in [0, 0.05) is 19.6 Å². The first kappa shape index (κ1) is 14.7. The van der Waals surface area contributed by atoms with E-state index in [1.807, 2.05) is 13.1 Å². The predicted octanol–water partition coefficient (Wildman–Crippen LogP) is 1.72. The average Bonchev–Trinajstić information content (AvgIpc) is 2.47. The monoisotopic (exact) mass is 278 g/mol. The van der Waals surface area contributed by atoms with E-state index in [-0.39, 0.29) is 5.92 Å². The standard InChI is InChI=1S/C15H22N2O3/c1-16-10-11-3-4-13(14(9-11)20-2)17-7-5-12(6-8-17)15(18)19/h3-4,9,12,16H,5-8,10H2,1-2H3,(H,18,19). The van der Waals surface area contributed by atoms with E-state index in [1.165, 1.54) is 5.56 Å². The summed E-state index contributed by atoms with van der Waals surface area (Å²) in [4.78, 5) is 13.2. The third-order valence-corrected chi connectivity index (χ3v) is 3.81. The summed E-state index contributed by atoms with van der Waals surface area (Å²) in [5, 5.41) is 12.2. The number of carbonyl (C=O) groups is 1. The maximum Gasteiger partial charge on any atom is 0.306 e. The number of carboxylic acid groups (broad SMARTS) is 1. The molecule has 0 aliphatic carbocycles. The average molecular weight is 278 g/mol. The van der Waals surface area contributed by atoms with Crippen molar-refractivity contribution >= 4 is 11.7 Å². The minimum atomic E-state index is -0.680. The molecule has 0 unspecified atom stereocenters. The fourth-order valence-corrected chi connectivity index (χ4v) is 2.66. The molecule has 20 heavy (non-hydrogen) atoms. The Bertz CT molecular complexity index is 468. The predicted molar refractivity (Wildman–Crippen MR) is 78.3 cm³/mol. The van der Waals surface area contributed by atoms with E-state index in [2.05, 4.69) is 22.3 Å². The van der Waals surface area contributed by atoms with E-state index in [0.717, 1.165) is 31.1 Å². The van der Waals surface area contributed by atoms with Crippen LogP contribution in [0.2, 0.25) is 0 Å². The van der Waals surface area contributed by atoms with E-state index < -0.39 is 5.97 Å². The Morgan fingerprint density at radius 2 is 2.15 bits per heavy atom. The summed E-state index contributed by atoms with van der Waals surface area (Å²) in [6.45, 7) is 2.33. The van der Waals surface area contributed by atoms with Gasteiger partial charge in [0.1, 0.15) is 5.75 Å². The van der Waals surface area contributed by atoms with Crippen molar-refractivity contribution in [1.82, 2.24) is 5.32 Å². The van der Waals surface area contributed by atoms with Gasteiger partial charge in [-0.05, 0) is 37.6 Å². The molecule has 0 spiro atoms. The number of hydrogen-bond acceptors (Lipinski definition) is 4. The highest BCUT2D eigenvalue weighted by Gasteiger charge is 2.25. The molecule has 1 saturated heterocycles. The lowest BCUT2D eigenvalue weighted by Gasteiger charge is -2.33. The van der Waals surface area contributed by atoms with Crippen LogP contribution in [0.1, 0.15) is 18.4 Å². The first-order valence-corrected chi connectivity index (χ1v) is 6.95. The number of methoxy groups -OCH3 is 1. The number of piperidine rings is 1. The van der Waals surface area contributed by atoms with E-state index in [9.17, 15) is 4.79 Å². The summed E-state index contributed by atoms with van der Waals surface area (Å²) in [5.74, 6) is -0.0340. The number of carboxylic acids is 1. The van der Waals surface area contributed by atoms with Crippen LogP contribution in [0.4, 0.5) is 5.69 Å². The normalized spacial score (nSPS) is 16.2. The molecule has 5 nitrogen and oxygen atoms in total. The molecule has 1 aromatic carbocycles. The molecule has 0 saturated carbocycles. The highest BCUT2D eigenvalue weighted by atomic mass is 16.5. The van der Waals surface area contributed by atoms with Gasteiger partial charge in [0.2, 0.25) is 0 Å². The lowest BCUT2D eigenvalue weighted by atomic mass is 9.96. The number of hydrogen-bond donors (Lipinski definition) is 2. The number of nitrogens with zero attached hydrogens (tertiary/aromatic N) is 1. The lowest BCUT2D eigenvalue weighted by Crippen LogP contribution is -2.36. The Kier molecular flexibility index (Phi) is 4.84. The van der Waals surface area contributed by atoms with Gasteiger partial charge in [-0.1, -0.05) is 6.07 Å². The SMILES string of the molecule is CNCc1ccc(N2CCC(C(=O)O)CC2)c(OC)c1. The van der Waals surface area contributed by atoms with Gasteiger partial charge in [0.15, 0.2) is 0 Å². The summed E-state index contributed by atoms with van der Waals surface area (Å²) >= 11 is 0. The van der Waals surface area contributed by atoms with Gasteiger partial charge in [-0.25, -0.2) is 0 Å². The van der Waals surface area contributed by atoms with Crippen molar-refractivity contribution in [2.75, 3.05) is 32.1 Å². The highest BCUT2D eigenvalue weighted by molar-refractivity contribution is 5.70. The molecule has 0 bridgehead atoms. The highest BCUT2D eigenvalue weighted by Crippen LogP contribution is 2.32. The van der Waals surface area contributed by atoms with Crippen molar-refractivity contribution in [3.8, 4) is 5.75 Å². The van der Waals surface area contributed by atoms with Crippen LogP contribution in [0.15, 0.2) is 18.2 Å². The van der Waals surface area contributed by atoms with Crippen LogP contribution >= 0.6 is 0 Å². The van der Waals surface area contributed by atoms with Crippen LogP contribution in [0.25, 0.3) is 0 Å². The quantitative estimate of drug-likeness (QED) is 0.858. The molecule has 0 amide bonds. The first-order valence-electron chi connectivity index (χ1n) is 6.95. The van der Waals surface area contributed by atoms with Gasteiger partial charge in [-0.15, -0.1) is 0 Å². The summed E-state index contributed by atoms with van der Waals surface area (Å²) in [5.41, 5.74) is 2.23. The fourth-order valence-electron chi connectivity index (χ4n) is 2.66. The second-order valence-corrected chi connectivity index (χ2v) is 5.14. The Morgan fingerprint density at radius 1 is 1.45 bits per heavy atom. The maximum atomic E-state index is 11.0. The smallest absolute Gasteiger partial charge is 0.306 e. The van der Waals surface area contributed by atoms with Crippen molar-refractivity contribution < 1.29 is 14.6 Å². The number of ether oxygens (including phenoxy) is 1. The summed E-state index contributed by atoms with van der Waals surface area (Å²) < 4.78 is 5.47. The molecule has 2 rings (SSSR count). The minimum absolute atomic E-state index is 0.208. The third kappa shape index (κ3) is 3.22. The Morgan fingerprint density at radius 3 is 2.70 bits per heavy atom. The number of rotatable bonds is 5. The summed E-state index contributed by atoms with van der Waals surface area (Å²) in [6.07, 6.45) is 1.38. The van der Waals surface area contributed by atoms with Crippen LogP contribution in [0, 0.1) is 5.92 Å². The molecule has 0 aromatic heterocycles. The topological polar surface area (TPSA) is 61.8 Å². The molecular formula is C15H22N2O3. The maximum absolute atomic E-state index is 11.0. The second-order valence-electron chi connectivity index (χ2n) is 5.14. The van der Waals surface area contributed by atoms with Crippen LogP contribution in [0.5, 0.6) is 5.75 Å². The molecule has 1 aromatic rings. The van der Waals surface area contributed by atoms with Gasteiger partial charge in [0.25, 0.3) is 0 Å². The molecule has 0 atom stereocenters. The molecule has 1 fully saturated rings. The zero-order valence-electron chi connectivity index (χ0n) is 12.1. The molecule has 1 heterocycles. The summed E-state index contributed by atoms with van der Waals surface area (Å²) in [7, 11) is 3.59. The molecule has 2 N–H and O–H groups in total. The largest absolute Gasteiger partial charge is 0.495 e. The van der Waals surface area contributed by atoms with Crippen molar-refractivity contribution in [1.29, 1.82) is 0 Å². The van der Waals surface area contributed by atoms with Gasteiger partial charge < -0.3 is 20.1 Å². The number of aliphatic carboxylic acids is 1. The van der Waals surface area contributed by atoms with Crippen LogP contribution in [-0.4, -0.2) is 38.3 Å². The molecule has 0 radical (unpaired) electrons. The zero-order valence-corrected chi connectivity index (χ0v) is 12.1. The molecule has 110 valence electrons. The van der Waals surface area contributed by atoms with Crippen LogP contribution < -0.4 is 15.0 Å². The Labute approximate surface area is 119 Å². The van der Waals surface area contributed by atoms with Gasteiger partial charge in [0.05, 0.1) is 18.7 Å². The lowest BCUT2D eigenvalue weighted by molar-refractivity contribution is -0.142. The van der Waals surface area contributed by atoms with Gasteiger partial charge >= 0.3 is 5.97 Å². The Hall–Kier alpha value is -1.75. The van der Waals surface area contributed by atoms with Crippen LogP contribution in [0.3, 0.4) is 0 Å². The second kappa shape index (κ2) is 6.61. The van der Waals surface area contributed by atoms with Crippen molar-refractivity contribution in [2.45, 2.75) is 19.4 Å². The number of nitrogens with one attached hydrogen (secondary N) is 1. The molecule has 1 aliphatic heterocycles. The Balaban J connectivity index is 2.11. The van der Waals surface area contributed by atoms with E-state index in [1.54, 1.807) is 7.11 Å². The third-order valence-electron chi connectivity index (χ3n) is 3.81. The first-order chi connectivity index (χ1) is 9.65. The fraction of sp³-hybridized carbons (Fsp3) is 0.533. The molecule has 1 aliphatic rings. The zero-order chi connectivity index (χ0) is 14.5. The minimum Gasteiger partial charge on any atom is -0.495 e. The van der Waals surface area contributed by atoms with Crippen molar-refractivity contribution in [2.24, 2.45) is 5.92 Å². The van der Waals surface area contributed by atoms with Gasteiger partial charge in [-0.3, -0.25) is 4.79 Å². The van der Waals surface area contributed by atoms with Crippen molar-refractivity contribution in [3.63, 3.8) is 0 Å². The number of benzene rings is 1. The van der Waals surface area contributed by atoms with Crippen LogP contribution in [-0.2, 0) is 11.3 Å². The van der Waals surface area contributed by atoms with E-state index in [4.69, 9.17) is 9.84 Å². The van der Waals surface area contributed by atoms with E-state index >= 15 is 0 Å². The molecule has 5 heteroatoms. The van der Waals surface area contributed by atoms with Gasteiger partial charge in [-0.2, -0.15) is 0 Å². The molecular weight excluding hydrogens is 256 g/mol.